The van der Waals surface area contributed by atoms with Crippen LogP contribution < -0.4 is 0 Å². The molecule has 0 unspecified atom stereocenters. The molecule has 0 N–H and O–H groups in total. The zero-order valence-corrected chi connectivity index (χ0v) is 9.95. The van der Waals surface area contributed by atoms with Crippen molar-refractivity contribution in [3.05, 3.63) is 69.8 Å². The fourth-order valence-electron chi connectivity index (χ4n) is 1.52. The van der Waals surface area contributed by atoms with E-state index in [1.165, 1.54) is 12.1 Å². The summed E-state index contributed by atoms with van der Waals surface area (Å²) < 4.78 is 18.9. The van der Waals surface area contributed by atoms with Crippen molar-refractivity contribution in [3.8, 4) is 0 Å². The fraction of sp³-hybridized carbons (Fsp3) is 0.154. The molecule has 0 atom stereocenters. The Morgan fingerprint density at radius 3 is 2.74 bits per heavy atom. The monoisotopic (exact) mass is 262 g/mol. The molecule has 0 aliphatic carbocycles. The van der Waals surface area contributed by atoms with Gasteiger partial charge in [-0.15, -0.1) is 0 Å². The van der Waals surface area contributed by atoms with Gasteiger partial charge in [0.05, 0.1) is 29.9 Å². The molecule has 1 aromatic carbocycles. The molecular weight excluding hydrogens is 251 g/mol. The van der Waals surface area contributed by atoms with Gasteiger partial charge in [0.15, 0.2) is 0 Å². The Labute approximate surface area is 108 Å². The maximum atomic E-state index is 13.5. The zero-order valence-electron chi connectivity index (χ0n) is 9.95. The maximum Gasteiger partial charge on any atom is 0.272 e. The van der Waals surface area contributed by atoms with E-state index >= 15 is 0 Å². The first-order valence-electron chi connectivity index (χ1n) is 5.57. The van der Waals surface area contributed by atoms with Gasteiger partial charge in [-0.1, -0.05) is 6.07 Å². The largest absolute Gasteiger partial charge is 0.370 e. The van der Waals surface area contributed by atoms with Gasteiger partial charge in [-0.2, -0.15) is 0 Å². The van der Waals surface area contributed by atoms with Crippen molar-refractivity contribution < 1.29 is 14.1 Å². The summed E-state index contributed by atoms with van der Waals surface area (Å²) in [5.41, 5.74) is 0.748. The van der Waals surface area contributed by atoms with Crippen molar-refractivity contribution in [2.24, 2.45) is 0 Å². The molecule has 2 aromatic rings. The highest BCUT2D eigenvalue weighted by atomic mass is 19.1. The predicted octanol–water partition coefficient (Wildman–Crippen LogP) is 2.85. The Bertz CT molecular complexity index is 575. The Balaban J connectivity index is 1.95. The Hall–Kier alpha value is -2.34. The lowest BCUT2D eigenvalue weighted by Crippen LogP contribution is -1.99. The normalized spacial score (nSPS) is 10.4. The minimum absolute atomic E-state index is 0.0421. The molecule has 0 radical (unpaired) electrons. The van der Waals surface area contributed by atoms with Crippen LogP contribution in [0, 0.1) is 15.9 Å². The van der Waals surface area contributed by atoms with E-state index < -0.39 is 10.7 Å². The average Bonchev–Trinajstić information content (AvgIpc) is 2.41. The highest BCUT2D eigenvalue weighted by Gasteiger charge is 2.10. The number of benzene rings is 1. The zero-order chi connectivity index (χ0) is 13.7. The lowest BCUT2D eigenvalue weighted by molar-refractivity contribution is -0.385. The van der Waals surface area contributed by atoms with Gasteiger partial charge in [-0.25, -0.2) is 4.39 Å². The molecule has 2 rings (SSSR count). The lowest BCUT2D eigenvalue weighted by Gasteiger charge is -2.05. The van der Waals surface area contributed by atoms with Crippen LogP contribution in [-0.4, -0.2) is 9.91 Å². The number of hydrogen-bond acceptors (Lipinski definition) is 4. The third kappa shape index (κ3) is 3.56. The second-order valence-electron chi connectivity index (χ2n) is 3.85. The average molecular weight is 262 g/mol. The highest BCUT2D eigenvalue weighted by Crippen LogP contribution is 2.17. The maximum absolute atomic E-state index is 13.5. The summed E-state index contributed by atoms with van der Waals surface area (Å²) in [6.07, 6.45) is 1.64. The summed E-state index contributed by atoms with van der Waals surface area (Å²) >= 11 is 0. The molecule has 0 spiro atoms. The third-order valence-corrected chi connectivity index (χ3v) is 2.48. The van der Waals surface area contributed by atoms with Gasteiger partial charge in [0.2, 0.25) is 0 Å². The number of halogens is 1. The summed E-state index contributed by atoms with van der Waals surface area (Å²) in [7, 11) is 0. The second-order valence-corrected chi connectivity index (χ2v) is 3.85. The first kappa shape index (κ1) is 13.1. The van der Waals surface area contributed by atoms with Crippen LogP contribution in [-0.2, 0) is 18.0 Å². The van der Waals surface area contributed by atoms with Crippen molar-refractivity contribution in [1.29, 1.82) is 0 Å². The van der Waals surface area contributed by atoms with E-state index in [0.29, 0.717) is 0 Å². The summed E-state index contributed by atoms with van der Waals surface area (Å²) in [6, 6.07) is 8.91. The van der Waals surface area contributed by atoms with E-state index in [1.54, 1.807) is 18.3 Å². The minimum Gasteiger partial charge on any atom is -0.370 e. The Kier molecular flexibility index (Phi) is 4.15. The van der Waals surface area contributed by atoms with Crippen LogP contribution in [0.5, 0.6) is 0 Å². The summed E-state index contributed by atoms with van der Waals surface area (Å²) in [4.78, 5) is 13.9. The molecule has 5 nitrogen and oxygen atoms in total. The number of nitrogens with zero attached hydrogens (tertiary/aromatic N) is 2. The van der Waals surface area contributed by atoms with Crippen molar-refractivity contribution in [1.82, 2.24) is 4.98 Å². The molecule has 0 aliphatic rings. The van der Waals surface area contributed by atoms with E-state index in [-0.39, 0.29) is 24.5 Å². The van der Waals surface area contributed by atoms with Crippen LogP contribution in [0.1, 0.15) is 11.3 Å². The van der Waals surface area contributed by atoms with Crippen LogP contribution >= 0.6 is 0 Å². The second kappa shape index (κ2) is 6.01. The standard InChI is InChI=1S/C13H11FN2O3/c14-13-7-12(16(17)18)5-4-10(13)8-19-9-11-3-1-2-6-15-11/h1-7H,8-9H2. The number of rotatable bonds is 5. The Morgan fingerprint density at radius 1 is 1.26 bits per heavy atom. The third-order valence-electron chi connectivity index (χ3n) is 2.48. The van der Waals surface area contributed by atoms with Gasteiger partial charge in [-0.05, 0) is 18.2 Å². The van der Waals surface area contributed by atoms with Crippen LogP contribution in [0.15, 0.2) is 42.6 Å². The minimum atomic E-state index is -0.643. The molecule has 0 amide bonds. The summed E-state index contributed by atoms with van der Waals surface area (Å²) in [5, 5.41) is 10.5. The first-order valence-corrected chi connectivity index (χ1v) is 5.57. The van der Waals surface area contributed by atoms with E-state index in [9.17, 15) is 14.5 Å². The molecular formula is C13H11FN2O3. The number of non-ortho nitro benzene ring substituents is 1. The van der Waals surface area contributed by atoms with Gasteiger partial charge in [0.25, 0.3) is 5.69 Å². The number of hydrogen-bond donors (Lipinski definition) is 0. The van der Waals surface area contributed by atoms with Gasteiger partial charge < -0.3 is 4.74 Å². The Morgan fingerprint density at radius 2 is 2.11 bits per heavy atom. The molecule has 6 heteroatoms. The molecule has 0 bridgehead atoms. The molecule has 1 aromatic heterocycles. The SMILES string of the molecule is O=[N+]([O-])c1ccc(COCc2ccccn2)c(F)c1. The lowest BCUT2D eigenvalue weighted by atomic mass is 10.2. The van der Waals surface area contributed by atoms with Crippen molar-refractivity contribution in [3.63, 3.8) is 0 Å². The first-order chi connectivity index (χ1) is 9.16. The van der Waals surface area contributed by atoms with Crippen LogP contribution in [0.4, 0.5) is 10.1 Å². The van der Waals surface area contributed by atoms with Crippen LogP contribution in [0.2, 0.25) is 0 Å². The van der Waals surface area contributed by atoms with Crippen LogP contribution in [0.3, 0.4) is 0 Å². The van der Waals surface area contributed by atoms with E-state index in [4.69, 9.17) is 4.74 Å². The predicted molar refractivity (Wildman–Crippen MR) is 65.8 cm³/mol. The fourth-order valence-corrected chi connectivity index (χ4v) is 1.52. The van der Waals surface area contributed by atoms with Crippen molar-refractivity contribution in [2.75, 3.05) is 0 Å². The van der Waals surface area contributed by atoms with Gasteiger partial charge in [-0.3, -0.25) is 15.1 Å². The number of aromatic nitrogens is 1. The quantitative estimate of drug-likeness (QED) is 0.614. The number of pyridine rings is 1. The molecule has 0 saturated heterocycles. The number of nitro benzene ring substituents is 1. The van der Waals surface area contributed by atoms with Gasteiger partial charge in [0, 0.05) is 17.8 Å². The van der Waals surface area contributed by atoms with E-state index in [2.05, 4.69) is 4.98 Å². The number of nitro groups is 1. The molecule has 1 heterocycles. The van der Waals surface area contributed by atoms with Crippen molar-refractivity contribution in [2.45, 2.75) is 13.2 Å². The molecule has 0 fully saturated rings. The molecule has 0 aliphatic heterocycles. The van der Waals surface area contributed by atoms with E-state index in [1.807, 2.05) is 6.07 Å². The van der Waals surface area contributed by atoms with E-state index in [0.717, 1.165) is 11.8 Å². The van der Waals surface area contributed by atoms with Crippen LogP contribution in [0.25, 0.3) is 0 Å². The number of ether oxygens (including phenoxy) is 1. The smallest absolute Gasteiger partial charge is 0.272 e. The molecule has 0 saturated carbocycles. The topological polar surface area (TPSA) is 65.3 Å². The molecule has 19 heavy (non-hydrogen) atoms. The highest BCUT2D eigenvalue weighted by molar-refractivity contribution is 5.33. The molecule has 98 valence electrons. The van der Waals surface area contributed by atoms with Crippen molar-refractivity contribution >= 4 is 5.69 Å². The summed E-state index contributed by atoms with van der Waals surface area (Å²) in [5.74, 6) is -0.643. The van der Waals surface area contributed by atoms with Gasteiger partial charge >= 0.3 is 0 Å². The van der Waals surface area contributed by atoms with Gasteiger partial charge in [0.1, 0.15) is 5.82 Å². The summed E-state index contributed by atoms with van der Waals surface area (Å²) in [6.45, 7) is 0.303.